The van der Waals surface area contributed by atoms with Crippen LogP contribution >= 0.6 is 0 Å². The summed E-state index contributed by atoms with van der Waals surface area (Å²) in [6.07, 6.45) is -0.932. The van der Waals surface area contributed by atoms with Crippen molar-refractivity contribution >= 4 is 12.2 Å². The van der Waals surface area contributed by atoms with Crippen LogP contribution < -0.4 is 5.43 Å². The Morgan fingerprint density at radius 3 is 2.32 bits per heavy atom. The van der Waals surface area contributed by atoms with Crippen LogP contribution in [0.4, 0.5) is 9.59 Å². The lowest BCUT2D eigenvalue weighted by atomic mass is 10.3. The van der Waals surface area contributed by atoms with E-state index in [9.17, 15) is 9.59 Å². The van der Waals surface area contributed by atoms with Gasteiger partial charge in [-0.05, 0) is 40.5 Å². The highest BCUT2D eigenvalue weighted by atomic mass is 16.6. The van der Waals surface area contributed by atoms with E-state index in [0.717, 1.165) is 11.4 Å². The average Bonchev–Trinajstić information content (AvgIpc) is 2.76. The Morgan fingerprint density at radius 1 is 1.21 bits per heavy atom. The van der Waals surface area contributed by atoms with E-state index >= 15 is 0 Å². The van der Waals surface area contributed by atoms with Gasteiger partial charge in [0.1, 0.15) is 0 Å². The molecule has 0 aromatic heterocycles. The summed E-state index contributed by atoms with van der Waals surface area (Å²) in [7, 11) is 0. The molecule has 0 aromatic rings. The van der Waals surface area contributed by atoms with Gasteiger partial charge < -0.3 is 14.2 Å². The first-order valence-electron chi connectivity index (χ1n) is 6.49. The highest BCUT2D eigenvalue weighted by Gasteiger charge is 2.31. The number of nitrogens with one attached hydrogen (secondary N) is 1. The highest BCUT2D eigenvalue weighted by Crippen LogP contribution is 2.16. The molecule has 0 unspecified atom stereocenters. The van der Waals surface area contributed by atoms with Crippen LogP contribution in [0.1, 0.15) is 40.5 Å². The van der Waals surface area contributed by atoms with E-state index in [1.165, 1.54) is 0 Å². The number of amides is 2. The van der Waals surface area contributed by atoms with Gasteiger partial charge in [0.15, 0.2) is 6.23 Å². The van der Waals surface area contributed by atoms with Gasteiger partial charge in [-0.3, -0.25) is 0 Å². The standard InChI is InChI=1S/C12H22N2O5/c1-8(2)18-11(15)13-14(10-6-5-7-17-10)12(16)19-9(3)4/h8-10H,5-7H2,1-4H3,(H,13,15)/t10-/m0/s1. The van der Waals surface area contributed by atoms with Crippen LogP contribution in [0, 0.1) is 0 Å². The number of carbonyl (C=O) groups is 2. The maximum atomic E-state index is 11.9. The first-order chi connectivity index (χ1) is 8.90. The zero-order valence-corrected chi connectivity index (χ0v) is 11.8. The summed E-state index contributed by atoms with van der Waals surface area (Å²) in [5.74, 6) is 0. The molecule has 0 spiro atoms. The minimum Gasteiger partial charge on any atom is -0.446 e. The summed E-state index contributed by atoms with van der Waals surface area (Å²) in [6, 6.07) is 0. The molecule has 2 amide bonds. The van der Waals surface area contributed by atoms with Crippen LogP contribution in [0.5, 0.6) is 0 Å². The number of hydrogen-bond donors (Lipinski definition) is 1. The summed E-state index contributed by atoms with van der Waals surface area (Å²) in [6.45, 7) is 7.47. The predicted molar refractivity (Wildman–Crippen MR) is 67.2 cm³/mol. The zero-order chi connectivity index (χ0) is 14.4. The van der Waals surface area contributed by atoms with Crippen LogP contribution in [-0.4, -0.2) is 42.2 Å². The normalized spacial score (nSPS) is 18.5. The molecular weight excluding hydrogens is 252 g/mol. The van der Waals surface area contributed by atoms with E-state index < -0.39 is 18.4 Å². The SMILES string of the molecule is CC(C)OC(=O)NN(C(=O)OC(C)C)[C@@H]1CCCO1. The topological polar surface area (TPSA) is 77.1 Å². The maximum Gasteiger partial charge on any atom is 0.431 e. The second-order valence-electron chi connectivity index (χ2n) is 4.84. The Hall–Kier alpha value is -1.50. The average molecular weight is 274 g/mol. The molecule has 1 aliphatic heterocycles. The molecule has 0 radical (unpaired) electrons. The third-order valence-corrected chi connectivity index (χ3v) is 2.28. The summed E-state index contributed by atoms with van der Waals surface area (Å²) >= 11 is 0. The van der Waals surface area contributed by atoms with Crippen molar-refractivity contribution in [3.8, 4) is 0 Å². The van der Waals surface area contributed by atoms with Crippen molar-refractivity contribution in [2.24, 2.45) is 0 Å². The summed E-state index contributed by atoms with van der Waals surface area (Å²) < 4.78 is 15.4. The molecule has 0 aliphatic carbocycles. The first kappa shape index (κ1) is 15.6. The Labute approximate surface area is 113 Å². The van der Waals surface area contributed by atoms with Gasteiger partial charge >= 0.3 is 12.2 Å². The Balaban J connectivity index is 2.63. The molecule has 0 bridgehead atoms. The quantitative estimate of drug-likeness (QED) is 0.797. The van der Waals surface area contributed by atoms with Crippen molar-refractivity contribution < 1.29 is 23.8 Å². The van der Waals surface area contributed by atoms with E-state index in [0.29, 0.717) is 13.0 Å². The van der Waals surface area contributed by atoms with Crippen molar-refractivity contribution in [3.05, 3.63) is 0 Å². The summed E-state index contributed by atoms with van der Waals surface area (Å²) in [4.78, 5) is 23.5. The number of carbonyl (C=O) groups excluding carboxylic acids is 2. The van der Waals surface area contributed by atoms with Gasteiger partial charge in [-0.1, -0.05) is 0 Å². The van der Waals surface area contributed by atoms with E-state index in [1.807, 2.05) is 0 Å². The molecule has 110 valence electrons. The second kappa shape index (κ2) is 7.18. The third kappa shape index (κ3) is 5.34. The van der Waals surface area contributed by atoms with E-state index in [1.54, 1.807) is 27.7 Å². The summed E-state index contributed by atoms with van der Waals surface area (Å²) in [5, 5.41) is 1.05. The smallest absolute Gasteiger partial charge is 0.431 e. The molecule has 7 nitrogen and oxygen atoms in total. The number of nitrogens with zero attached hydrogens (tertiary/aromatic N) is 1. The molecule has 0 saturated carbocycles. The van der Waals surface area contributed by atoms with Gasteiger partial charge in [0.05, 0.1) is 12.2 Å². The number of rotatable bonds is 3. The zero-order valence-electron chi connectivity index (χ0n) is 11.8. The summed E-state index contributed by atoms with van der Waals surface area (Å²) in [5.41, 5.74) is 2.37. The minimum atomic E-state index is -0.703. The second-order valence-corrected chi connectivity index (χ2v) is 4.84. The van der Waals surface area contributed by atoms with Crippen molar-refractivity contribution in [2.45, 2.75) is 59.0 Å². The van der Waals surface area contributed by atoms with Crippen LogP contribution in [0.15, 0.2) is 0 Å². The highest BCUT2D eigenvalue weighted by molar-refractivity contribution is 5.74. The van der Waals surface area contributed by atoms with Gasteiger partial charge in [0, 0.05) is 6.61 Å². The minimum absolute atomic E-state index is 0.271. The van der Waals surface area contributed by atoms with Gasteiger partial charge in [-0.25, -0.2) is 15.0 Å². The lowest BCUT2D eigenvalue weighted by Crippen LogP contribution is -2.52. The Morgan fingerprint density at radius 2 is 1.84 bits per heavy atom. The molecule has 19 heavy (non-hydrogen) atoms. The molecule has 1 saturated heterocycles. The van der Waals surface area contributed by atoms with Crippen LogP contribution in [0.25, 0.3) is 0 Å². The van der Waals surface area contributed by atoms with Crippen LogP contribution in [0.2, 0.25) is 0 Å². The maximum absolute atomic E-state index is 11.9. The van der Waals surface area contributed by atoms with Crippen molar-refractivity contribution in [1.29, 1.82) is 0 Å². The largest absolute Gasteiger partial charge is 0.446 e. The third-order valence-electron chi connectivity index (χ3n) is 2.28. The number of ether oxygens (including phenoxy) is 3. The van der Waals surface area contributed by atoms with Gasteiger partial charge in [0.25, 0.3) is 0 Å². The molecule has 1 rings (SSSR count). The molecular formula is C12H22N2O5. The molecule has 1 N–H and O–H groups in total. The van der Waals surface area contributed by atoms with Crippen molar-refractivity contribution in [2.75, 3.05) is 6.61 Å². The molecule has 1 atom stereocenters. The fourth-order valence-electron chi connectivity index (χ4n) is 1.60. The fraction of sp³-hybridized carbons (Fsp3) is 0.833. The molecule has 1 aliphatic rings. The fourth-order valence-corrected chi connectivity index (χ4v) is 1.60. The predicted octanol–water partition coefficient (Wildman–Crippen LogP) is 2.02. The number of hydrazine groups is 1. The number of hydrogen-bond acceptors (Lipinski definition) is 5. The van der Waals surface area contributed by atoms with Gasteiger partial charge in [0.2, 0.25) is 0 Å². The van der Waals surface area contributed by atoms with E-state index in [-0.39, 0.29) is 12.2 Å². The van der Waals surface area contributed by atoms with Crippen LogP contribution in [0.3, 0.4) is 0 Å². The first-order valence-corrected chi connectivity index (χ1v) is 6.49. The van der Waals surface area contributed by atoms with Crippen LogP contribution in [-0.2, 0) is 14.2 Å². The van der Waals surface area contributed by atoms with Crippen molar-refractivity contribution in [1.82, 2.24) is 10.4 Å². The van der Waals surface area contributed by atoms with Gasteiger partial charge in [-0.2, -0.15) is 5.01 Å². The van der Waals surface area contributed by atoms with Gasteiger partial charge in [-0.15, -0.1) is 0 Å². The monoisotopic (exact) mass is 274 g/mol. The van der Waals surface area contributed by atoms with E-state index in [4.69, 9.17) is 14.2 Å². The molecule has 1 fully saturated rings. The lowest BCUT2D eigenvalue weighted by molar-refractivity contribution is -0.0494. The van der Waals surface area contributed by atoms with E-state index in [2.05, 4.69) is 5.43 Å². The Bertz CT molecular complexity index is 313. The molecule has 1 heterocycles. The Kier molecular flexibility index (Phi) is 5.88. The molecule has 0 aromatic carbocycles. The molecule has 7 heteroatoms. The van der Waals surface area contributed by atoms with Crippen molar-refractivity contribution in [3.63, 3.8) is 0 Å². The lowest BCUT2D eigenvalue weighted by Gasteiger charge is -2.28.